The molecule has 0 aromatic heterocycles. The number of nitrogens with one attached hydrogen (secondary N) is 2. The summed E-state index contributed by atoms with van der Waals surface area (Å²) in [6, 6.07) is 5.37. The van der Waals surface area contributed by atoms with Crippen LogP contribution in [0.1, 0.15) is 26.7 Å². The van der Waals surface area contributed by atoms with Crippen molar-refractivity contribution in [1.29, 1.82) is 0 Å². The summed E-state index contributed by atoms with van der Waals surface area (Å²) < 4.78 is 11.2. The molecule has 0 radical (unpaired) electrons. The summed E-state index contributed by atoms with van der Waals surface area (Å²) in [6.07, 6.45) is 1.82. The normalized spacial score (nSPS) is 15.1. The van der Waals surface area contributed by atoms with Gasteiger partial charge in [-0.05, 0) is 25.5 Å². The van der Waals surface area contributed by atoms with E-state index in [-0.39, 0.29) is 11.9 Å². The highest BCUT2D eigenvalue weighted by atomic mass is 16.5. The third-order valence-corrected chi connectivity index (χ3v) is 3.07. The number of ether oxygens (including phenoxy) is 2. The maximum Gasteiger partial charge on any atom is 0.242 e. The van der Waals surface area contributed by atoms with Gasteiger partial charge in [0, 0.05) is 24.7 Å². The Bertz CT molecular complexity index is 462. The molecule has 2 N–H and O–H groups in total. The van der Waals surface area contributed by atoms with E-state index < -0.39 is 0 Å². The first-order valence-electron chi connectivity index (χ1n) is 7.14. The van der Waals surface area contributed by atoms with Crippen LogP contribution in [0.4, 0.5) is 5.69 Å². The Hall–Kier alpha value is -1.91. The van der Waals surface area contributed by atoms with Gasteiger partial charge >= 0.3 is 0 Å². The Morgan fingerprint density at radius 3 is 2.80 bits per heavy atom. The highest BCUT2D eigenvalue weighted by molar-refractivity contribution is 5.84. The first-order chi connectivity index (χ1) is 9.70. The molecule has 1 atom stereocenters. The third kappa shape index (κ3) is 3.79. The highest BCUT2D eigenvalue weighted by Crippen LogP contribution is 2.32. The van der Waals surface area contributed by atoms with Gasteiger partial charge in [0.25, 0.3) is 0 Å². The van der Waals surface area contributed by atoms with E-state index in [0.717, 1.165) is 30.0 Å². The van der Waals surface area contributed by atoms with Gasteiger partial charge in [-0.1, -0.05) is 6.92 Å². The number of hydrogen-bond acceptors (Lipinski definition) is 4. The second-order valence-corrected chi connectivity index (χ2v) is 4.87. The van der Waals surface area contributed by atoms with Crippen LogP contribution in [0.15, 0.2) is 18.2 Å². The van der Waals surface area contributed by atoms with Crippen LogP contribution in [0.5, 0.6) is 11.5 Å². The third-order valence-electron chi connectivity index (χ3n) is 3.07. The minimum absolute atomic E-state index is 0.000962. The van der Waals surface area contributed by atoms with Crippen LogP contribution in [0.25, 0.3) is 0 Å². The van der Waals surface area contributed by atoms with Crippen LogP contribution in [-0.4, -0.2) is 31.7 Å². The van der Waals surface area contributed by atoms with Crippen molar-refractivity contribution in [3.63, 3.8) is 0 Å². The quantitative estimate of drug-likeness (QED) is 0.866. The standard InChI is InChI=1S/C15H22N2O3/c1-3-7-16-15(18)11(2)17-12-5-6-13-14(10-12)20-9-4-8-19-13/h5-6,10-11,17H,3-4,7-9H2,1-2H3,(H,16,18). The second kappa shape index (κ2) is 7.03. The molecule has 0 bridgehead atoms. The van der Waals surface area contributed by atoms with Gasteiger partial charge < -0.3 is 20.1 Å². The summed E-state index contributed by atoms with van der Waals surface area (Å²) >= 11 is 0. The summed E-state index contributed by atoms with van der Waals surface area (Å²) in [7, 11) is 0. The molecule has 0 aliphatic carbocycles. The Balaban J connectivity index is 1.99. The molecular formula is C15H22N2O3. The van der Waals surface area contributed by atoms with E-state index in [9.17, 15) is 4.79 Å². The first kappa shape index (κ1) is 14.5. The van der Waals surface area contributed by atoms with E-state index in [2.05, 4.69) is 10.6 Å². The first-order valence-corrected chi connectivity index (χ1v) is 7.14. The Kier molecular flexibility index (Phi) is 5.09. The van der Waals surface area contributed by atoms with Crippen molar-refractivity contribution in [2.45, 2.75) is 32.7 Å². The number of rotatable bonds is 5. The number of fused-ring (bicyclic) bond motifs is 1. The minimum atomic E-state index is -0.286. The zero-order valence-corrected chi connectivity index (χ0v) is 12.1. The molecule has 1 amide bonds. The minimum Gasteiger partial charge on any atom is -0.490 e. The zero-order chi connectivity index (χ0) is 14.4. The topological polar surface area (TPSA) is 59.6 Å². The maximum atomic E-state index is 11.8. The summed E-state index contributed by atoms with van der Waals surface area (Å²) in [4.78, 5) is 11.8. The van der Waals surface area contributed by atoms with Crippen molar-refractivity contribution < 1.29 is 14.3 Å². The molecule has 1 aliphatic rings. The molecule has 1 aromatic rings. The summed E-state index contributed by atoms with van der Waals surface area (Å²) in [5, 5.41) is 6.04. The monoisotopic (exact) mass is 278 g/mol. The SMILES string of the molecule is CCCNC(=O)C(C)Nc1ccc2c(c1)OCCCO2. The van der Waals surface area contributed by atoms with Gasteiger partial charge in [0.2, 0.25) is 5.91 Å². The molecule has 1 heterocycles. The predicted molar refractivity (Wildman–Crippen MR) is 78.4 cm³/mol. The second-order valence-electron chi connectivity index (χ2n) is 4.87. The van der Waals surface area contributed by atoms with Crippen molar-refractivity contribution in [3.8, 4) is 11.5 Å². The largest absolute Gasteiger partial charge is 0.490 e. The molecular weight excluding hydrogens is 256 g/mol. The smallest absolute Gasteiger partial charge is 0.242 e. The van der Waals surface area contributed by atoms with Crippen LogP contribution in [0.3, 0.4) is 0 Å². The van der Waals surface area contributed by atoms with Gasteiger partial charge in [0.05, 0.1) is 13.2 Å². The van der Waals surface area contributed by atoms with Crippen molar-refractivity contribution in [2.75, 3.05) is 25.1 Å². The number of amides is 1. The van der Waals surface area contributed by atoms with Crippen LogP contribution in [0, 0.1) is 0 Å². The molecule has 5 heteroatoms. The van der Waals surface area contributed by atoms with Gasteiger partial charge in [0.1, 0.15) is 6.04 Å². The number of benzene rings is 1. The van der Waals surface area contributed by atoms with Gasteiger partial charge in [0.15, 0.2) is 11.5 Å². The Morgan fingerprint density at radius 2 is 2.05 bits per heavy atom. The fourth-order valence-electron chi connectivity index (χ4n) is 1.97. The van der Waals surface area contributed by atoms with Crippen molar-refractivity contribution in [3.05, 3.63) is 18.2 Å². The molecule has 20 heavy (non-hydrogen) atoms. The Morgan fingerprint density at radius 1 is 1.30 bits per heavy atom. The Labute approximate surface area is 119 Å². The fraction of sp³-hybridized carbons (Fsp3) is 0.533. The van der Waals surface area contributed by atoms with E-state index in [4.69, 9.17) is 9.47 Å². The van der Waals surface area contributed by atoms with E-state index in [0.29, 0.717) is 19.8 Å². The lowest BCUT2D eigenvalue weighted by Gasteiger charge is -2.16. The van der Waals surface area contributed by atoms with Crippen LogP contribution in [-0.2, 0) is 4.79 Å². The molecule has 1 aromatic carbocycles. The molecule has 1 unspecified atom stereocenters. The van der Waals surface area contributed by atoms with Crippen LogP contribution in [0.2, 0.25) is 0 Å². The van der Waals surface area contributed by atoms with Gasteiger partial charge in [-0.15, -0.1) is 0 Å². The predicted octanol–water partition coefficient (Wildman–Crippen LogP) is 2.17. The van der Waals surface area contributed by atoms with Gasteiger partial charge in [-0.3, -0.25) is 4.79 Å². The average Bonchev–Trinajstić information content (AvgIpc) is 2.69. The molecule has 0 saturated heterocycles. The summed E-state index contributed by atoms with van der Waals surface area (Å²) in [6.45, 7) is 5.90. The van der Waals surface area contributed by atoms with Crippen molar-refractivity contribution >= 4 is 11.6 Å². The molecule has 110 valence electrons. The molecule has 0 saturated carbocycles. The lowest BCUT2D eigenvalue weighted by Crippen LogP contribution is -2.37. The van der Waals surface area contributed by atoms with E-state index in [1.165, 1.54) is 0 Å². The number of carbonyl (C=O) groups excluding carboxylic acids is 1. The number of anilines is 1. The van der Waals surface area contributed by atoms with Crippen molar-refractivity contribution in [2.24, 2.45) is 0 Å². The van der Waals surface area contributed by atoms with Crippen molar-refractivity contribution in [1.82, 2.24) is 5.32 Å². The average molecular weight is 278 g/mol. The van der Waals surface area contributed by atoms with E-state index in [1.807, 2.05) is 32.0 Å². The molecule has 2 rings (SSSR count). The summed E-state index contributed by atoms with van der Waals surface area (Å²) in [5.41, 5.74) is 0.855. The van der Waals surface area contributed by atoms with Gasteiger partial charge in [-0.2, -0.15) is 0 Å². The maximum absolute atomic E-state index is 11.8. The summed E-state index contributed by atoms with van der Waals surface area (Å²) in [5.74, 6) is 1.49. The molecule has 5 nitrogen and oxygen atoms in total. The van der Waals surface area contributed by atoms with Gasteiger partial charge in [-0.25, -0.2) is 0 Å². The number of hydrogen-bond donors (Lipinski definition) is 2. The lowest BCUT2D eigenvalue weighted by molar-refractivity contribution is -0.121. The molecule has 0 fully saturated rings. The van der Waals surface area contributed by atoms with E-state index in [1.54, 1.807) is 0 Å². The molecule has 1 aliphatic heterocycles. The molecule has 0 spiro atoms. The van der Waals surface area contributed by atoms with Crippen LogP contribution >= 0.6 is 0 Å². The fourth-order valence-corrected chi connectivity index (χ4v) is 1.97. The van der Waals surface area contributed by atoms with Crippen LogP contribution < -0.4 is 20.1 Å². The lowest BCUT2D eigenvalue weighted by atomic mass is 10.2. The number of carbonyl (C=O) groups is 1. The van der Waals surface area contributed by atoms with E-state index >= 15 is 0 Å². The highest BCUT2D eigenvalue weighted by Gasteiger charge is 2.14. The zero-order valence-electron chi connectivity index (χ0n) is 12.1.